The molecule has 1 aromatic rings. The van der Waals surface area contributed by atoms with Crippen LogP contribution in [0.2, 0.25) is 1.41 Å². The van der Waals surface area contributed by atoms with E-state index in [9.17, 15) is 63.6 Å². The maximum Gasteiger partial charge on any atom is 0.408 e. The Kier molecular flexibility index (Phi) is 26.0. The molecule has 26 heteroatoms. The summed E-state index contributed by atoms with van der Waals surface area (Å²) in [5.74, 6) is -11.5. The van der Waals surface area contributed by atoms with E-state index in [0.717, 1.165) is 6.92 Å². The fraction of sp³-hybridized carbons (Fsp3) is 0.674. The molecule has 16 N–H and O–H groups in total. The topological polar surface area (TPSA) is 423 Å². The van der Waals surface area contributed by atoms with E-state index in [0.29, 0.717) is 10.9 Å². The number of nitrogens with one attached hydrogen (secondary N) is 6. The third-order valence-corrected chi connectivity index (χ3v) is 10.9. The van der Waals surface area contributed by atoms with Gasteiger partial charge in [0.2, 0.25) is 41.4 Å². The lowest BCUT2D eigenvalue weighted by atomic mass is 9.96. The van der Waals surface area contributed by atoms with Gasteiger partial charge >= 0.3 is 12.1 Å². The number of nitrogens with two attached hydrogens (primary N) is 3. The number of aliphatic imine (C=N–C) groups is 1. The molecule has 0 aliphatic carbocycles. The molecule has 1 heterocycles. The number of carbonyl (C=O) groups is 9. The summed E-state index contributed by atoms with van der Waals surface area (Å²) in [6, 6.07) is -8.60. The van der Waals surface area contributed by atoms with Gasteiger partial charge in [-0.05, 0) is 82.8 Å². The highest BCUT2D eigenvalue weighted by Crippen LogP contribution is 2.15. The molecule has 0 saturated heterocycles. The molecule has 0 unspecified atom stereocenters. The van der Waals surface area contributed by atoms with Gasteiger partial charge in [0.25, 0.3) is 0 Å². The van der Waals surface area contributed by atoms with Crippen LogP contribution in [0.25, 0.3) is 0 Å². The molecule has 0 radical (unpaired) electrons. The van der Waals surface area contributed by atoms with Crippen molar-refractivity contribution in [3.63, 3.8) is 0 Å². The Bertz CT molecular complexity index is 2050. The summed E-state index contributed by atoms with van der Waals surface area (Å²) >= 11 is 0. The van der Waals surface area contributed by atoms with Crippen LogP contribution in [0.1, 0.15) is 100 Å². The molecular weight excluding hydrogens is 945 g/mol. The van der Waals surface area contributed by atoms with E-state index >= 15 is 0 Å². The molecule has 0 aromatic carbocycles. The van der Waals surface area contributed by atoms with Crippen molar-refractivity contribution in [2.24, 2.45) is 39.9 Å². The van der Waals surface area contributed by atoms with E-state index in [1.165, 1.54) is 12.4 Å². The highest BCUT2D eigenvalue weighted by atomic mass is 16.6. The first-order valence-corrected chi connectivity index (χ1v) is 23.6. The molecule has 406 valence electrons. The number of guanidine groups is 1. The highest BCUT2D eigenvalue weighted by molar-refractivity contribution is 6.03. The molecule has 8 amide bonds. The first-order chi connectivity index (χ1) is 33.9. The third-order valence-electron chi connectivity index (χ3n) is 10.9. The summed E-state index contributed by atoms with van der Waals surface area (Å²) in [4.78, 5) is 130. The molecule has 72 heavy (non-hydrogen) atoms. The first kappa shape index (κ1) is 61.6. The monoisotopic (exact) mass is 1020 g/mol. The molecular formula is C46H78N12O14. The summed E-state index contributed by atoms with van der Waals surface area (Å²) in [6.07, 6.45) is -1.58. The number of aliphatic carboxylic acids is 1. The number of aromatic nitrogens is 1. The molecule has 0 bridgehead atoms. The zero-order valence-corrected chi connectivity index (χ0v) is 42.8. The lowest BCUT2D eigenvalue weighted by Crippen LogP contribution is -2.62. The number of nitrogens with zero attached hydrogens (tertiary/aromatic N) is 3. The minimum atomic E-state index is -2.11. The molecule has 0 fully saturated rings. The maximum atomic E-state index is 14.2. The number of carboxylic acid groups (broad SMARTS) is 1. The Morgan fingerprint density at radius 3 is 1.97 bits per heavy atom. The number of hydrogen-bond acceptors (Lipinski definition) is 16. The van der Waals surface area contributed by atoms with Crippen LogP contribution in [-0.4, -0.2) is 169 Å². The van der Waals surface area contributed by atoms with Crippen LogP contribution in [0.4, 0.5) is 4.79 Å². The average Bonchev–Trinajstić information content (AvgIpc) is 3.30. The number of imide groups is 1. The van der Waals surface area contributed by atoms with Crippen LogP contribution < -0.4 is 49.1 Å². The van der Waals surface area contributed by atoms with Gasteiger partial charge in [0.05, 0.1) is 31.4 Å². The summed E-state index contributed by atoms with van der Waals surface area (Å²) in [5.41, 5.74) is 16.5. The van der Waals surface area contributed by atoms with Crippen LogP contribution in [0.5, 0.6) is 0 Å². The zero-order chi connectivity index (χ0) is 56.1. The molecule has 26 nitrogen and oxygen atoms in total. The fourth-order valence-electron chi connectivity index (χ4n) is 6.77. The van der Waals surface area contributed by atoms with Gasteiger partial charge in [-0.1, -0.05) is 54.0 Å². The van der Waals surface area contributed by atoms with Crippen molar-refractivity contribution >= 4 is 59.4 Å². The predicted octanol–water partition coefficient (Wildman–Crippen LogP) is -2.76. The number of carboxylic acids is 1. The van der Waals surface area contributed by atoms with Crippen LogP contribution in [0, 0.1) is 17.8 Å². The van der Waals surface area contributed by atoms with E-state index in [1.54, 1.807) is 74.4 Å². The molecule has 0 aliphatic rings. The van der Waals surface area contributed by atoms with Crippen molar-refractivity contribution in [3.05, 3.63) is 30.1 Å². The minimum Gasteiger partial charge on any atom is -0.480 e. The lowest BCUT2D eigenvalue weighted by Gasteiger charge is -2.31. The van der Waals surface area contributed by atoms with Gasteiger partial charge in [-0.3, -0.25) is 48.4 Å². The average molecular weight is 1020 g/mol. The van der Waals surface area contributed by atoms with Gasteiger partial charge in [-0.2, -0.15) is 0 Å². The standard InChI is InChI=1S/C46H78N12O14/c1-11-25(6)33(40(66)56-34(26(7)60)39(65)52-21-32(61)58(31(22-59)43(69)70)42(68)28(47)19-27-14-12-16-50-20-27)55-37(63)29(15-13-17-51-44(48)49)53-38(64)30(18-23(2)3)54-41(67)35(36(62)24(4)5)57-45(71)72-46(8,9)10/h12,14,16,20,23-26,28-31,33-36,59-60,62H,11,13,15,17-19,21-22,47H2,1-10H3,(H,52,65)(H,53,64)(H,54,67)(H,55,63)(H,56,66)(H,57,71)(H,69,70)(H4,48,49,51)/t25-,26-,28-,29-,30-,31-,33-,34-,35-,36+/m0/s1/i/hD. The van der Waals surface area contributed by atoms with E-state index in [2.05, 4.69) is 36.6 Å². The predicted molar refractivity (Wildman–Crippen MR) is 262 cm³/mol. The van der Waals surface area contributed by atoms with Gasteiger partial charge < -0.3 is 74.3 Å². The fourth-order valence-corrected chi connectivity index (χ4v) is 6.77. The number of alkyl carbamates (subject to hydrolysis) is 1. The number of pyridine rings is 1. The highest BCUT2D eigenvalue weighted by Gasteiger charge is 2.40. The number of aliphatic hydroxyl groups is 3. The van der Waals surface area contributed by atoms with Gasteiger partial charge in [-0.25, -0.2) is 9.59 Å². The van der Waals surface area contributed by atoms with Crippen molar-refractivity contribution in [2.45, 2.75) is 161 Å². The molecule has 0 spiro atoms. The van der Waals surface area contributed by atoms with E-state index in [1.807, 2.05) is 0 Å². The third kappa shape index (κ3) is 21.9. The van der Waals surface area contributed by atoms with Crippen LogP contribution in [0.15, 0.2) is 29.5 Å². The van der Waals surface area contributed by atoms with Crippen molar-refractivity contribution in [1.82, 2.24) is 41.8 Å². The second kappa shape index (κ2) is 30.4. The van der Waals surface area contributed by atoms with Crippen molar-refractivity contribution in [2.75, 3.05) is 19.7 Å². The molecule has 0 aliphatic heterocycles. The van der Waals surface area contributed by atoms with Gasteiger partial charge in [-0.15, -0.1) is 0 Å². The normalized spacial score (nSPS) is 15.8. The second-order valence-corrected chi connectivity index (χ2v) is 19.1. The van der Waals surface area contributed by atoms with E-state index in [4.69, 9.17) is 23.3 Å². The Hall–Kier alpha value is -6.51. The number of hydrogen-bond donors (Lipinski definition) is 13. The maximum absolute atomic E-state index is 14.2. The number of aliphatic hydroxyl groups excluding tert-OH is 3. The Morgan fingerprint density at radius 2 is 1.47 bits per heavy atom. The molecule has 0 saturated carbocycles. The first-order valence-electron chi connectivity index (χ1n) is 24.1. The largest absolute Gasteiger partial charge is 0.480 e. The van der Waals surface area contributed by atoms with Gasteiger partial charge in [0.1, 0.15) is 35.8 Å². The van der Waals surface area contributed by atoms with Gasteiger partial charge in [0, 0.05) is 18.9 Å². The smallest absolute Gasteiger partial charge is 0.408 e. The Morgan fingerprint density at radius 1 is 0.861 bits per heavy atom. The molecule has 10 atom stereocenters. The molecule has 1 rings (SSSR count). The Labute approximate surface area is 421 Å². The Balaban J connectivity index is 3.52. The van der Waals surface area contributed by atoms with Crippen LogP contribution in [0.3, 0.4) is 0 Å². The van der Waals surface area contributed by atoms with Crippen molar-refractivity contribution in [1.29, 1.82) is 0 Å². The van der Waals surface area contributed by atoms with E-state index < -0.39 is 139 Å². The van der Waals surface area contributed by atoms with E-state index in [-0.39, 0.29) is 55.4 Å². The van der Waals surface area contributed by atoms with Gasteiger partial charge in [0.15, 0.2) is 13.4 Å². The van der Waals surface area contributed by atoms with Crippen molar-refractivity contribution < 1.29 is 69.7 Å². The number of amides is 8. The zero-order valence-electron chi connectivity index (χ0n) is 43.8. The number of ether oxygens (including phenoxy) is 1. The quantitative estimate of drug-likeness (QED) is 0.0220. The lowest BCUT2D eigenvalue weighted by molar-refractivity contribution is -0.160. The summed E-state index contributed by atoms with van der Waals surface area (Å²) in [5, 5.41) is 53.6. The SMILES string of the molecule is [2H]N(C(=O)[C@@H](NC(=O)OC(C)(C)C)[C@H](O)C(C)C)[C@@H](CC(C)C)C(=O)N[C@@H](CCCN=C(N)N)C(=O)N[C@H](C(=O)N[C@H](C(=O)NCC(=O)N(C(=O)[C@@H](N)Cc1cccnc1)[C@@H](CO)C(=O)O)[C@H](C)O)[C@@H](C)CC. The number of carbonyl (C=O) groups excluding carboxylic acids is 8. The molecule has 1 aromatic heterocycles. The summed E-state index contributed by atoms with van der Waals surface area (Å²) in [7, 11) is 0. The van der Waals surface area contributed by atoms with Crippen LogP contribution >= 0.6 is 0 Å². The van der Waals surface area contributed by atoms with Crippen LogP contribution in [-0.2, 0) is 49.5 Å². The number of rotatable bonds is 29. The summed E-state index contributed by atoms with van der Waals surface area (Å²) < 4.78 is 14.2. The summed E-state index contributed by atoms with van der Waals surface area (Å²) in [6.45, 7) is 13.4. The van der Waals surface area contributed by atoms with Crippen molar-refractivity contribution in [3.8, 4) is 0 Å². The second-order valence-electron chi connectivity index (χ2n) is 19.1. The minimum absolute atomic E-state index is 0.0182.